The Morgan fingerprint density at radius 3 is 2.50 bits per heavy atom. The molecule has 0 radical (unpaired) electrons. The number of alkyl halides is 3. The predicted molar refractivity (Wildman–Crippen MR) is 94.8 cm³/mol. The lowest BCUT2D eigenvalue weighted by molar-refractivity contribution is -0.119. The van der Waals surface area contributed by atoms with E-state index in [1.165, 1.54) is 11.9 Å². The van der Waals surface area contributed by atoms with Crippen LogP contribution in [0.4, 0.5) is 4.79 Å². The number of nitrogens with one attached hydrogen (secondary N) is 1. The van der Waals surface area contributed by atoms with Gasteiger partial charge in [-0.25, -0.2) is 4.79 Å². The van der Waals surface area contributed by atoms with Crippen LogP contribution >= 0.6 is 34.8 Å². The van der Waals surface area contributed by atoms with Crippen LogP contribution in [0.5, 0.6) is 17.5 Å². The fraction of sp³-hybridized carbons (Fsp3) is 0.600. The molecule has 8 nitrogen and oxygen atoms in total. The van der Waals surface area contributed by atoms with Crippen molar-refractivity contribution in [3.63, 3.8) is 0 Å². The zero-order valence-electron chi connectivity index (χ0n) is 14.2. The number of rotatable bonds is 0. The SMILES string of the molecule is C[C@@H]1CN(C(=O)NC(=O)C(Cl)(Cl)Cl)[C@H]2c3c(c(O)n(C)c3O)O[C@@]2(C)C1. The minimum atomic E-state index is -2.29. The Kier molecular flexibility index (Phi) is 4.45. The lowest BCUT2D eigenvalue weighted by Gasteiger charge is -2.45. The van der Waals surface area contributed by atoms with Crippen LogP contribution in [-0.4, -0.2) is 47.6 Å². The van der Waals surface area contributed by atoms with Crippen LogP contribution in [0.3, 0.4) is 0 Å². The number of halogens is 3. The average Bonchev–Trinajstić information content (AvgIpc) is 2.92. The molecule has 3 amide bonds. The van der Waals surface area contributed by atoms with Crippen molar-refractivity contribution in [1.82, 2.24) is 14.8 Å². The maximum Gasteiger partial charge on any atom is 0.324 e. The summed E-state index contributed by atoms with van der Waals surface area (Å²) in [4.78, 5) is 25.9. The highest BCUT2D eigenvalue weighted by atomic mass is 35.6. The highest BCUT2D eigenvalue weighted by Gasteiger charge is 2.57. The summed E-state index contributed by atoms with van der Waals surface area (Å²) in [6, 6.07) is -1.49. The molecule has 3 heterocycles. The zero-order chi connectivity index (χ0) is 19.6. The maximum atomic E-state index is 12.7. The predicted octanol–water partition coefficient (Wildman–Crippen LogP) is 2.58. The fourth-order valence-electron chi connectivity index (χ4n) is 3.87. The second-order valence-electron chi connectivity index (χ2n) is 6.98. The number of amides is 3. The minimum absolute atomic E-state index is 0.0342. The molecule has 3 rings (SSSR count). The van der Waals surface area contributed by atoms with Gasteiger partial charge >= 0.3 is 6.03 Å². The van der Waals surface area contributed by atoms with Gasteiger partial charge in [0, 0.05) is 13.6 Å². The molecule has 26 heavy (non-hydrogen) atoms. The van der Waals surface area contributed by atoms with E-state index in [1.54, 1.807) is 6.92 Å². The largest absolute Gasteiger partial charge is 0.494 e. The summed E-state index contributed by atoms with van der Waals surface area (Å²) in [5.41, 5.74) is -0.595. The zero-order valence-corrected chi connectivity index (χ0v) is 16.5. The minimum Gasteiger partial charge on any atom is -0.494 e. The number of carbonyl (C=O) groups excluding carboxylic acids is 2. The molecule has 0 bridgehead atoms. The molecule has 0 aromatic carbocycles. The molecule has 0 unspecified atom stereocenters. The summed E-state index contributed by atoms with van der Waals surface area (Å²) in [6.45, 7) is 3.99. The Balaban J connectivity index is 2.00. The summed E-state index contributed by atoms with van der Waals surface area (Å²) < 4.78 is 4.81. The number of carbonyl (C=O) groups is 2. The van der Waals surface area contributed by atoms with E-state index in [4.69, 9.17) is 39.5 Å². The normalized spacial score (nSPS) is 27.5. The Labute approximate surface area is 164 Å². The molecule has 2 aliphatic heterocycles. The standard InChI is InChI=1S/C15H18Cl3N3O5/c1-6-4-14(2)9(7-8(26-14)11(23)20(3)10(7)22)21(5-6)13(25)19-12(24)15(16,17)18/h6,9,22-23H,4-5H2,1-3H3,(H,19,24,25)/t6-,9-,14-/m0/s1. The van der Waals surface area contributed by atoms with Gasteiger partial charge in [0.15, 0.2) is 5.75 Å². The highest BCUT2D eigenvalue weighted by molar-refractivity contribution is 6.76. The number of imide groups is 1. The van der Waals surface area contributed by atoms with E-state index < -0.39 is 27.4 Å². The van der Waals surface area contributed by atoms with E-state index in [-0.39, 0.29) is 35.5 Å². The van der Waals surface area contributed by atoms with Gasteiger partial charge in [-0.05, 0) is 19.3 Å². The number of likely N-dealkylation sites (tertiary alicyclic amines) is 1. The van der Waals surface area contributed by atoms with Gasteiger partial charge in [0.05, 0.1) is 5.56 Å². The first kappa shape index (κ1) is 19.3. The second-order valence-corrected chi connectivity index (χ2v) is 9.27. The molecule has 3 atom stereocenters. The molecule has 1 aromatic rings. The van der Waals surface area contributed by atoms with Crippen LogP contribution in [0.25, 0.3) is 0 Å². The van der Waals surface area contributed by atoms with E-state index in [0.717, 1.165) is 4.57 Å². The van der Waals surface area contributed by atoms with Gasteiger partial charge in [0.25, 0.3) is 9.70 Å². The summed E-state index contributed by atoms with van der Waals surface area (Å²) in [6.07, 6.45) is 0.580. The van der Waals surface area contributed by atoms with Gasteiger partial charge in [-0.3, -0.25) is 14.7 Å². The van der Waals surface area contributed by atoms with E-state index in [9.17, 15) is 19.8 Å². The van der Waals surface area contributed by atoms with E-state index in [2.05, 4.69) is 5.32 Å². The molecule has 11 heteroatoms. The van der Waals surface area contributed by atoms with E-state index >= 15 is 0 Å². The monoisotopic (exact) mass is 425 g/mol. The third-order valence-corrected chi connectivity index (χ3v) is 5.34. The van der Waals surface area contributed by atoms with Crippen molar-refractivity contribution in [2.24, 2.45) is 13.0 Å². The highest BCUT2D eigenvalue weighted by Crippen LogP contribution is 2.58. The van der Waals surface area contributed by atoms with Gasteiger partial charge in [-0.15, -0.1) is 0 Å². The van der Waals surface area contributed by atoms with Crippen molar-refractivity contribution < 1.29 is 24.5 Å². The first-order valence-corrected chi connectivity index (χ1v) is 8.98. The summed E-state index contributed by atoms with van der Waals surface area (Å²) in [5, 5.41) is 22.7. The molecule has 144 valence electrons. The molecule has 1 saturated heterocycles. The average molecular weight is 427 g/mol. The molecular weight excluding hydrogens is 409 g/mol. The second kappa shape index (κ2) is 6.00. The first-order chi connectivity index (χ1) is 11.9. The molecule has 0 aliphatic carbocycles. The topological polar surface area (TPSA) is 104 Å². The van der Waals surface area contributed by atoms with Crippen molar-refractivity contribution in [2.45, 2.75) is 35.7 Å². The number of aromatic nitrogens is 1. The van der Waals surface area contributed by atoms with Gasteiger partial charge in [0.1, 0.15) is 11.6 Å². The number of piperidine rings is 1. The van der Waals surface area contributed by atoms with Gasteiger partial charge in [-0.2, -0.15) is 0 Å². The third-order valence-electron chi connectivity index (χ3n) is 4.82. The molecule has 2 aliphatic rings. The first-order valence-electron chi connectivity index (χ1n) is 7.85. The number of aromatic hydroxyl groups is 2. The van der Waals surface area contributed by atoms with Crippen molar-refractivity contribution >= 4 is 46.7 Å². The van der Waals surface area contributed by atoms with Crippen molar-refractivity contribution in [2.75, 3.05) is 6.54 Å². The van der Waals surface area contributed by atoms with Crippen LogP contribution in [0, 0.1) is 5.92 Å². The Morgan fingerprint density at radius 2 is 1.92 bits per heavy atom. The lowest BCUT2D eigenvalue weighted by Crippen LogP contribution is -2.57. The Morgan fingerprint density at radius 1 is 1.31 bits per heavy atom. The van der Waals surface area contributed by atoms with Gasteiger partial charge in [0.2, 0.25) is 11.8 Å². The number of fused-ring (bicyclic) bond motifs is 3. The van der Waals surface area contributed by atoms with Crippen LogP contribution in [-0.2, 0) is 11.8 Å². The molecule has 0 spiro atoms. The number of nitrogens with zero attached hydrogens (tertiary/aromatic N) is 2. The van der Waals surface area contributed by atoms with Crippen LogP contribution in [0.15, 0.2) is 0 Å². The van der Waals surface area contributed by atoms with E-state index in [0.29, 0.717) is 6.42 Å². The van der Waals surface area contributed by atoms with Crippen LogP contribution < -0.4 is 10.1 Å². The van der Waals surface area contributed by atoms with Crippen LogP contribution in [0.1, 0.15) is 31.9 Å². The van der Waals surface area contributed by atoms with Gasteiger partial charge < -0.3 is 19.8 Å². The smallest absolute Gasteiger partial charge is 0.324 e. The van der Waals surface area contributed by atoms with Crippen molar-refractivity contribution in [3.8, 4) is 17.5 Å². The molecule has 3 N–H and O–H groups in total. The lowest BCUT2D eigenvalue weighted by atomic mass is 9.80. The number of ether oxygens (including phenoxy) is 1. The molecule has 1 fully saturated rings. The quantitative estimate of drug-likeness (QED) is 0.553. The number of hydrogen-bond donors (Lipinski definition) is 3. The van der Waals surface area contributed by atoms with Crippen molar-refractivity contribution in [3.05, 3.63) is 5.56 Å². The Bertz CT molecular complexity index is 790. The molecule has 1 aromatic heterocycles. The van der Waals surface area contributed by atoms with Crippen LogP contribution in [0.2, 0.25) is 0 Å². The Hall–Kier alpha value is -1.51. The summed E-state index contributed by atoms with van der Waals surface area (Å²) in [5.74, 6) is -1.37. The number of urea groups is 1. The number of hydrogen-bond acceptors (Lipinski definition) is 5. The van der Waals surface area contributed by atoms with E-state index in [1.807, 2.05) is 6.92 Å². The fourth-order valence-corrected chi connectivity index (χ4v) is 4.01. The van der Waals surface area contributed by atoms with Crippen molar-refractivity contribution in [1.29, 1.82) is 0 Å². The summed E-state index contributed by atoms with van der Waals surface area (Å²) in [7, 11) is 1.46. The third kappa shape index (κ3) is 2.84. The van der Waals surface area contributed by atoms with Gasteiger partial charge in [-0.1, -0.05) is 41.7 Å². The summed E-state index contributed by atoms with van der Waals surface area (Å²) >= 11 is 16.5. The molecular formula is C15H18Cl3N3O5. The maximum absolute atomic E-state index is 12.7. The molecule has 0 saturated carbocycles.